The number of nitrogens with one attached hydrogen (secondary N) is 1. The lowest BCUT2D eigenvalue weighted by Crippen LogP contribution is -2.45. The highest BCUT2D eigenvalue weighted by molar-refractivity contribution is 7.91. The second-order valence-electron chi connectivity index (χ2n) is 5.19. The first-order chi connectivity index (χ1) is 8.36. The molecule has 0 aliphatic heterocycles. The molecule has 0 aromatic carbocycles. The van der Waals surface area contributed by atoms with E-state index in [-0.39, 0.29) is 5.92 Å². The summed E-state index contributed by atoms with van der Waals surface area (Å²) in [6.07, 6.45) is 1.96. The van der Waals surface area contributed by atoms with Crippen LogP contribution in [0.2, 0.25) is 0 Å². The Labute approximate surface area is 108 Å². The molecule has 6 heteroatoms. The molecule has 0 radical (unpaired) electrons. The molecule has 3 unspecified atom stereocenters. The highest BCUT2D eigenvalue weighted by Crippen LogP contribution is 2.32. The zero-order chi connectivity index (χ0) is 13.8. The van der Waals surface area contributed by atoms with Gasteiger partial charge in [-0.3, -0.25) is 0 Å². The summed E-state index contributed by atoms with van der Waals surface area (Å²) in [7, 11) is -3.11. The van der Waals surface area contributed by atoms with E-state index in [1.807, 2.05) is 6.92 Å². The minimum atomic E-state index is -3.11. The van der Waals surface area contributed by atoms with Crippen LogP contribution in [0.1, 0.15) is 39.0 Å². The van der Waals surface area contributed by atoms with Gasteiger partial charge in [0.2, 0.25) is 0 Å². The molecule has 1 rings (SSSR count). The predicted octanol–water partition coefficient (Wildman–Crippen LogP) is 2.22. The van der Waals surface area contributed by atoms with Crippen molar-refractivity contribution in [3.05, 3.63) is 0 Å². The number of sulfone groups is 1. The van der Waals surface area contributed by atoms with Crippen LogP contribution in [0.15, 0.2) is 0 Å². The maximum Gasteiger partial charge on any atom is 0.253 e. The van der Waals surface area contributed by atoms with Gasteiger partial charge in [0.25, 0.3) is 6.43 Å². The summed E-state index contributed by atoms with van der Waals surface area (Å²) in [5, 5.41) is 2.42. The van der Waals surface area contributed by atoms with E-state index in [4.69, 9.17) is 0 Å². The summed E-state index contributed by atoms with van der Waals surface area (Å²) in [5.74, 6) is -0.231. The largest absolute Gasteiger partial charge is 0.309 e. The van der Waals surface area contributed by atoms with Crippen LogP contribution in [-0.4, -0.2) is 38.9 Å². The van der Waals surface area contributed by atoms with Crippen molar-refractivity contribution >= 4 is 9.84 Å². The Morgan fingerprint density at radius 3 is 2.50 bits per heavy atom. The Morgan fingerprint density at radius 2 is 2.00 bits per heavy atom. The molecule has 1 saturated carbocycles. The summed E-state index contributed by atoms with van der Waals surface area (Å²) >= 11 is 0. The van der Waals surface area contributed by atoms with Crippen molar-refractivity contribution in [1.82, 2.24) is 5.32 Å². The molecule has 0 aromatic heterocycles. The zero-order valence-corrected chi connectivity index (χ0v) is 11.8. The second-order valence-corrected chi connectivity index (χ2v) is 7.52. The first kappa shape index (κ1) is 15.8. The molecule has 108 valence electrons. The van der Waals surface area contributed by atoms with Crippen LogP contribution < -0.4 is 5.32 Å². The van der Waals surface area contributed by atoms with Crippen molar-refractivity contribution in [3.63, 3.8) is 0 Å². The van der Waals surface area contributed by atoms with E-state index in [0.717, 1.165) is 12.8 Å². The van der Waals surface area contributed by atoms with Gasteiger partial charge in [-0.1, -0.05) is 13.3 Å². The SMILES string of the molecule is CCCNC(C(F)F)C1CCCC(S(C)(=O)=O)C1. The van der Waals surface area contributed by atoms with Gasteiger partial charge in [0.15, 0.2) is 0 Å². The van der Waals surface area contributed by atoms with E-state index in [1.54, 1.807) is 0 Å². The highest BCUT2D eigenvalue weighted by atomic mass is 32.2. The Balaban J connectivity index is 2.67. The molecule has 0 bridgehead atoms. The first-order valence-corrected chi connectivity index (χ1v) is 8.52. The molecule has 1 N–H and O–H groups in total. The van der Waals surface area contributed by atoms with Gasteiger partial charge in [0.1, 0.15) is 9.84 Å². The molecule has 1 aliphatic carbocycles. The fraction of sp³-hybridized carbons (Fsp3) is 1.00. The number of hydrogen-bond donors (Lipinski definition) is 1. The fourth-order valence-electron chi connectivity index (χ4n) is 2.67. The average molecular weight is 283 g/mol. The lowest BCUT2D eigenvalue weighted by atomic mass is 9.83. The van der Waals surface area contributed by atoms with Gasteiger partial charge in [-0.2, -0.15) is 0 Å². The maximum atomic E-state index is 13.0. The second kappa shape index (κ2) is 6.80. The smallest absolute Gasteiger partial charge is 0.253 e. The Bertz CT molecular complexity index is 346. The molecule has 0 saturated heterocycles. The third kappa shape index (κ3) is 4.46. The van der Waals surface area contributed by atoms with E-state index in [2.05, 4.69) is 5.32 Å². The number of hydrogen-bond acceptors (Lipinski definition) is 3. The number of halogens is 2. The molecule has 0 aromatic rings. The Kier molecular flexibility index (Phi) is 5.98. The van der Waals surface area contributed by atoms with Crippen LogP contribution in [0.3, 0.4) is 0 Å². The first-order valence-electron chi connectivity index (χ1n) is 6.56. The normalized spacial score (nSPS) is 27.4. The number of alkyl halides is 2. The van der Waals surface area contributed by atoms with E-state index in [0.29, 0.717) is 25.8 Å². The van der Waals surface area contributed by atoms with Crippen LogP contribution in [0.25, 0.3) is 0 Å². The van der Waals surface area contributed by atoms with Crippen LogP contribution in [0.4, 0.5) is 8.78 Å². The molecule has 3 nitrogen and oxygen atoms in total. The highest BCUT2D eigenvalue weighted by Gasteiger charge is 2.36. The van der Waals surface area contributed by atoms with Crippen molar-refractivity contribution in [2.24, 2.45) is 5.92 Å². The maximum absolute atomic E-state index is 13.0. The third-order valence-electron chi connectivity index (χ3n) is 3.68. The summed E-state index contributed by atoms with van der Waals surface area (Å²) < 4.78 is 49.1. The van der Waals surface area contributed by atoms with Gasteiger partial charge in [-0.25, -0.2) is 17.2 Å². The average Bonchev–Trinajstić information content (AvgIpc) is 2.28. The third-order valence-corrected chi connectivity index (χ3v) is 5.32. The van der Waals surface area contributed by atoms with Crippen molar-refractivity contribution in [1.29, 1.82) is 0 Å². The van der Waals surface area contributed by atoms with Crippen molar-refractivity contribution < 1.29 is 17.2 Å². The molecular formula is C12H23F2NO2S. The summed E-state index contributed by atoms with van der Waals surface area (Å²) in [6.45, 7) is 2.48. The molecule has 1 fully saturated rings. The van der Waals surface area contributed by atoms with Crippen molar-refractivity contribution in [2.45, 2.75) is 56.7 Å². The molecule has 18 heavy (non-hydrogen) atoms. The van der Waals surface area contributed by atoms with Crippen molar-refractivity contribution in [3.8, 4) is 0 Å². The van der Waals surface area contributed by atoms with Gasteiger partial charge in [-0.15, -0.1) is 0 Å². The van der Waals surface area contributed by atoms with Gasteiger partial charge >= 0.3 is 0 Å². The van der Waals surface area contributed by atoms with Gasteiger partial charge in [-0.05, 0) is 38.1 Å². The van der Waals surface area contributed by atoms with Gasteiger partial charge in [0.05, 0.1) is 11.3 Å². The molecular weight excluding hydrogens is 260 g/mol. The minimum absolute atomic E-state index is 0.231. The van der Waals surface area contributed by atoms with E-state index < -0.39 is 27.6 Å². The summed E-state index contributed by atoms with van der Waals surface area (Å²) in [6, 6.07) is -0.866. The Hall–Kier alpha value is -0.230. The lowest BCUT2D eigenvalue weighted by molar-refractivity contribution is 0.0582. The zero-order valence-electron chi connectivity index (χ0n) is 11.0. The lowest BCUT2D eigenvalue weighted by Gasteiger charge is -2.34. The molecule has 0 spiro atoms. The van der Waals surface area contributed by atoms with Crippen LogP contribution in [0, 0.1) is 5.92 Å². The fourth-order valence-corrected chi connectivity index (χ4v) is 3.86. The number of rotatable bonds is 6. The van der Waals surface area contributed by atoms with Crippen LogP contribution >= 0.6 is 0 Å². The molecule has 1 aliphatic rings. The summed E-state index contributed by atoms with van der Waals surface area (Å²) in [5.41, 5.74) is 0. The minimum Gasteiger partial charge on any atom is -0.309 e. The molecule has 0 heterocycles. The Morgan fingerprint density at radius 1 is 1.33 bits per heavy atom. The van der Waals surface area contributed by atoms with Gasteiger partial charge < -0.3 is 5.32 Å². The summed E-state index contributed by atoms with van der Waals surface area (Å²) in [4.78, 5) is 0. The quantitative estimate of drug-likeness (QED) is 0.813. The molecule has 0 amide bonds. The predicted molar refractivity (Wildman–Crippen MR) is 68.7 cm³/mol. The van der Waals surface area contributed by atoms with Crippen LogP contribution in [-0.2, 0) is 9.84 Å². The van der Waals surface area contributed by atoms with Gasteiger partial charge in [0, 0.05) is 6.26 Å². The van der Waals surface area contributed by atoms with E-state index >= 15 is 0 Å². The van der Waals surface area contributed by atoms with Crippen LogP contribution in [0.5, 0.6) is 0 Å². The van der Waals surface area contributed by atoms with E-state index in [1.165, 1.54) is 6.26 Å². The van der Waals surface area contributed by atoms with E-state index in [9.17, 15) is 17.2 Å². The topological polar surface area (TPSA) is 46.2 Å². The standard InChI is InChI=1S/C12H23F2NO2S/c1-3-7-15-11(12(13)14)9-5-4-6-10(8-9)18(2,16)17/h9-12,15H,3-8H2,1-2H3. The van der Waals surface area contributed by atoms with Crippen molar-refractivity contribution in [2.75, 3.05) is 12.8 Å². The monoisotopic (exact) mass is 283 g/mol. The molecule has 3 atom stereocenters.